The van der Waals surface area contributed by atoms with Gasteiger partial charge in [-0.05, 0) is 43.0 Å². The molecule has 2 unspecified atom stereocenters. The van der Waals surface area contributed by atoms with Crippen molar-refractivity contribution in [2.24, 2.45) is 5.92 Å². The Balaban J connectivity index is 2.73. The van der Waals surface area contributed by atoms with Crippen molar-refractivity contribution in [3.63, 3.8) is 0 Å². The summed E-state index contributed by atoms with van der Waals surface area (Å²) in [6.07, 6.45) is 3.54. The smallest absolute Gasteiger partial charge is 0.119 e. The highest BCUT2D eigenvalue weighted by atomic mass is 16.5. The Morgan fingerprint density at radius 2 is 1.74 bits per heavy atom. The molecular weight excluding hydrogens is 234 g/mol. The molecule has 2 atom stereocenters. The predicted molar refractivity (Wildman–Crippen MR) is 82.7 cm³/mol. The molecule has 0 bridgehead atoms. The molecule has 1 aromatic rings. The van der Waals surface area contributed by atoms with E-state index >= 15 is 0 Å². The normalized spacial score (nSPS) is 14.1. The fourth-order valence-electron chi connectivity index (χ4n) is 2.48. The van der Waals surface area contributed by atoms with Crippen LogP contribution in [0.25, 0.3) is 0 Å². The molecule has 0 spiro atoms. The minimum Gasteiger partial charge on any atom is -0.494 e. The van der Waals surface area contributed by atoms with Crippen LogP contribution in [0.2, 0.25) is 0 Å². The van der Waals surface area contributed by atoms with Gasteiger partial charge in [0.05, 0.1) is 6.61 Å². The average molecular weight is 263 g/mol. The van der Waals surface area contributed by atoms with Gasteiger partial charge < -0.3 is 10.1 Å². The van der Waals surface area contributed by atoms with E-state index in [0.29, 0.717) is 12.0 Å². The maximum Gasteiger partial charge on any atom is 0.119 e. The first-order chi connectivity index (χ1) is 9.22. The fourth-order valence-corrected chi connectivity index (χ4v) is 2.48. The Hall–Kier alpha value is -1.02. The first kappa shape index (κ1) is 16.0. The zero-order valence-electron chi connectivity index (χ0n) is 12.9. The summed E-state index contributed by atoms with van der Waals surface area (Å²) in [6.45, 7) is 10.7. The number of nitrogens with one attached hydrogen (secondary N) is 1. The maximum atomic E-state index is 5.64. The van der Waals surface area contributed by atoms with Crippen LogP contribution in [-0.4, -0.2) is 13.2 Å². The van der Waals surface area contributed by atoms with Gasteiger partial charge in [-0.1, -0.05) is 46.2 Å². The van der Waals surface area contributed by atoms with Crippen LogP contribution in [0.5, 0.6) is 5.75 Å². The van der Waals surface area contributed by atoms with Crippen molar-refractivity contribution in [1.29, 1.82) is 0 Å². The Bertz CT molecular complexity index is 334. The molecule has 1 rings (SSSR count). The second kappa shape index (κ2) is 8.98. The van der Waals surface area contributed by atoms with Crippen LogP contribution >= 0.6 is 0 Å². The van der Waals surface area contributed by atoms with Crippen LogP contribution in [0.1, 0.15) is 58.6 Å². The van der Waals surface area contributed by atoms with Crippen molar-refractivity contribution in [2.45, 2.75) is 53.0 Å². The number of hydrogen-bond acceptors (Lipinski definition) is 2. The lowest BCUT2D eigenvalue weighted by Gasteiger charge is -2.25. The highest BCUT2D eigenvalue weighted by Crippen LogP contribution is 2.27. The van der Waals surface area contributed by atoms with Crippen LogP contribution in [0, 0.1) is 5.92 Å². The second-order valence-electron chi connectivity index (χ2n) is 5.22. The summed E-state index contributed by atoms with van der Waals surface area (Å²) in [7, 11) is 0. The molecule has 19 heavy (non-hydrogen) atoms. The third-order valence-corrected chi connectivity index (χ3v) is 3.45. The minimum atomic E-state index is 0.449. The van der Waals surface area contributed by atoms with Gasteiger partial charge in [0.25, 0.3) is 0 Å². The minimum absolute atomic E-state index is 0.449. The summed E-state index contributed by atoms with van der Waals surface area (Å²) in [5, 5.41) is 3.61. The molecule has 0 amide bonds. The van der Waals surface area contributed by atoms with E-state index in [0.717, 1.165) is 25.3 Å². The van der Waals surface area contributed by atoms with Crippen LogP contribution in [0.4, 0.5) is 0 Å². The SMILES string of the molecule is CCCOc1ccc(C(NCC)C(C)CCC)cc1. The molecule has 0 aliphatic carbocycles. The number of benzene rings is 1. The molecule has 0 saturated heterocycles. The standard InChI is InChI=1S/C17H29NO/c1-5-8-14(4)17(18-7-3)15-9-11-16(12-10-15)19-13-6-2/h9-12,14,17-18H,5-8,13H2,1-4H3. The molecule has 1 aromatic carbocycles. The van der Waals surface area contributed by atoms with Crippen molar-refractivity contribution in [3.05, 3.63) is 29.8 Å². The molecule has 0 fully saturated rings. The molecule has 108 valence electrons. The van der Waals surface area contributed by atoms with E-state index in [1.54, 1.807) is 0 Å². The summed E-state index contributed by atoms with van der Waals surface area (Å²) in [5.74, 6) is 1.64. The summed E-state index contributed by atoms with van der Waals surface area (Å²) in [6, 6.07) is 9.03. The van der Waals surface area contributed by atoms with Gasteiger partial charge in [0.1, 0.15) is 5.75 Å². The maximum absolute atomic E-state index is 5.64. The third-order valence-electron chi connectivity index (χ3n) is 3.45. The molecule has 2 heteroatoms. The Morgan fingerprint density at radius 3 is 2.26 bits per heavy atom. The zero-order chi connectivity index (χ0) is 14.1. The first-order valence-corrected chi connectivity index (χ1v) is 7.69. The molecule has 0 heterocycles. The van der Waals surface area contributed by atoms with E-state index in [1.807, 2.05) is 0 Å². The highest BCUT2D eigenvalue weighted by molar-refractivity contribution is 5.29. The summed E-state index contributed by atoms with van der Waals surface area (Å²) in [5.41, 5.74) is 1.37. The molecule has 0 saturated carbocycles. The zero-order valence-corrected chi connectivity index (χ0v) is 12.9. The first-order valence-electron chi connectivity index (χ1n) is 7.69. The van der Waals surface area contributed by atoms with E-state index < -0.39 is 0 Å². The lowest BCUT2D eigenvalue weighted by atomic mass is 9.91. The molecule has 0 radical (unpaired) electrons. The third kappa shape index (κ3) is 5.23. The van der Waals surface area contributed by atoms with Crippen molar-refractivity contribution in [1.82, 2.24) is 5.32 Å². The van der Waals surface area contributed by atoms with Gasteiger partial charge in [0.15, 0.2) is 0 Å². The molecule has 0 aromatic heterocycles. The Labute approximate surface area is 118 Å². The molecule has 0 aliphatic heterocycles. The van der Waals surface area contributed by atoms with Gasteiger partial charge in [-0.2, -0.15) is 0 Å². The topological polar surface area (TPSA) is 21.3 Å². The highest BCUT2D eigenvalue weighted by Gasteiger charge is 2.17. The van der Waals surface area contributed by atoms with Gasteiger partial charge in [-0.15, -0.1) is 0 Å². The van der Waals surface area contributed by atoms with Gasteiger partial charge >= 0.3 is 0 Å². The number of hydrogen-bond donors (Lipinski definition) is 1. The molecule has 1 N–H and O–H groups in total. The van der Waals surface area contributed by atoms with Crippen molar-refractivity contribution < 1.29 is 4.74 Å². The second-order valence-corrected chi connectivity index (χ2v) is 5.22. The number of ether oxygens (including phenoxy) is 1. The van der Waals surface area contributed by atoms with E-state index in [-0.39, 0.29) is 0 Å². The quantitative estimate of drug-likeness (QED) is 0.705. The van der Waals surface area contributed by atoms with Crippen molar-refractivity contribution in [3.8, 4) is 5.75 Å². The van der Waals surface area contributed by atoms with Crippen molar-refractivity contribution in [2.75, 3.05) is 13.2 Å². The molecule has 2 nitrogen and oxygen atoms in total. The summed E-state index contributed by atoms with van der Waals surface area (Å²) in [4.78, 5) is 0. The van der Waals surface area contributed by atoms with E-state index in [2.05, 4.69) is 57.3 Å². The average Bonchev–Trinajstić information content (AvgIpc) is 2.43. The van der Waals surface area contributed by atoms with Crippen LogP contribution in [-0.2, 0) is 0 Å². The fraction of sp³-hybridized carbons (Fsp3) is 0.647. The van der Waals surface area contributed by atoms with Gasteiger partial charge in [0.2, 0.25) is 0 Å². The lowest BCUT2D eigenvalue weighted by molar-refractivity contribution is 0.316. The monoisotopic (exact) mass is 263 g/mol. The van der Waals surface area contributed by atoms with Crippen molar-refractivity contribution >= 4 is 0 Å². The van der Waals surface area contributed by atoms with Crippen LogP contribution in [0.15, 0.2) is 24.3 Å². The lowest BCUT2D eigenvalue weighted by Crippen LogP contribution is -2.26. The van der Waals surface area contributed by atoms with E-state index in [4.69, 9.17) is 4.74 Å². The predicted octanol–water partition coefficient (Wildman–Crippen LogP) is 4.56. The molecular formula is C17H29NO. The number of rotatable bonds is 9. The Morgan fingerprint density at radius 1 is 1.05 bits per heavy atom. The van der Waals surface area contributed by atoms with Gasteiger partial charge in [-0.3, -0.25) is 0 Å². The van der Waals surface area contributed by atoms with Crippen LogP contribution < -0.4 is 10.1 Å². The van der Waals surface area contributed by atoms with E-state index in [1.165, 1.54) is 18.4 Å². The Kier molecular flexibility index (Phi) is 7.57. The van der Waals surface area contributed by atoms with Gasteiger partial charge in [-0.25, -0.2) is 0 Å². The largest absolute Gasteiger partial charge is 0.494 e. The summed E-state index contributed by atoms with van der Waals surface area (Å²) < 4.78 is 5.64. The van der Waals surface area contributed by atoms with Crippen LogP contribution in [0.3, 0.4) is 0 Å². The summed E-state index contributed by atoms with van der Waals surface area (Å²) >= 11 is 0. The molecule has 0 aliphatic rings. The van der Waals surface area contributed by atoms with E-state index in [9.17, 15) is 0 Å². The van der Waals surface area contributed by atoms with Gasteiger partial charge in [0, 0.05) is 6.04 Å².